The van der Waals surface area contributed by atoms with E-state index in [0.717, 1.165) is 10.0 Å². The van der Waals surface area contributed by atoms with Crippen molar-refractivity contribution >= 4 is 40.2 Å². The highest BCUT2D eigenvalue weighted by Crippen LogP contribution is 2.21. The maximum Gasteiger partial charge on any atom is 0.307 e. The Morgan fingerprint density at radius 2 is 2.16 bits per heavy atom. The SMILES string of the molecule is COC(=O)CC(NC(=O)CN)c1cccc(Br)c1.Cl. The molecule has 19 heavy (non-hydrogen) atoms. The Morgan fingerprint density at radius 3 is 2.68 bits per heavy atom. The van der Waals surface area contributed by atoms with Gasteiger partial charge in [0.2, 0.25) is 5.91 Å². The molecule has 0 fully saturated rings. The number of hydrogen-bond acceptors (Lipinski definition) is 4. The van der Waals surface area contributed by atoms with Crippen LogP contribution in [0.2, 0.25) is 0 Å². The van der Waals surface area contributed by atoms with Crippen LogP contribution in [0.5, 0.6) is 0 Å². The summed E-state index contributed by atoms with van der Waals surface area (Å²) in [5, 5.41) is 2.69. The second-order valence-corrected chi connectivity index (χ2v) is 4.58. The molecule has 1 rings (SSSR count). The molecule has 3 N–H and O–H groups in total. The van der Waals surface area contributed by atoms with Crippen LogP contribution in [0.1, 0.15) is 18.0 Å². The Bertz CT molecular complexity index is 425. The number of carbonyl (C=O) groups is 2. The van der Waals surface area contributed by atoms with E-state index in [4.69, 9.17) is 5.73 Å². The lowest BCUT2D eigenvalue weighted by Crippen LogP contribution is -2.35. The molecule has 0 aliphatic heterocycles. The smallest absolute Gasteiger partial charge is 0.307 e. The van der Waals surface area contributed by atoms with Gasteiger partial charge in [-0.15, -0.1) is 12.4 Å². The lowest BCUT2D eigenvalue weighted by Gasteiger charge is -2.18. The second-order valence-electron chi connectivity index (χ2n) is 3.66. The van der Waals surface area contributed by atoms with Crippen molar-refractivity contribution in [2.24, 2.45) is 5.73 Å². The first-order valence-electron chi connectivity index (χ1n) is 5.38. The van der Waals surface area contributed by atoms with Gasteiger partial charge in [-0.05, 0) is 17.7 Å². The fourth-order valence-corrected chi connectivity index (χ4v) is 1.90. The third-order valence-electron chi connectivity index (χ3n) is 2.37. The summed E-state index contributed by atoms with van der Waals surface area (Å²) < 4.78 is 5.49. The Hall–Kier alpha value is -1.11. The summed E-state index contributed by atoms with van der Waals surface area (Å²) in [4.78, 5) is 22.7. The molecule has 1 aromatic carbocycles. The van der Waals surface area contributed by atoms with Crippen LogP contribution >= 0.6 is 28.3 Å². The molecule has 5 nitrogen and oxygen atoms in total. The number of amides is 1. The van der Waals surface area contributed by atoms with Crippen LogP contribution in [-0.2, 0) is 14.3 Å². The van der Waals surface area contributed by atoms with Crippen LogP contribution in [0.15, 0.2) is 28.7 Å². The monoisotopic (exact) mass is 350 g/mol. The molecule has 1 aromatic rings. The van der Waals surface area contributed by atoms with E-state index < -0.39 is 12.0 Å². The number of ether oxygens (including phenoxy) is 1. The lowest BCUT2D eigenvalue weighted by molar-refractivity contribution is -0.141. The van der Waals surface area contributed by atoms with Crippen molar-refractivity contribution in [2.45, 2.75) is 12.5 Å². The first-order chi connectivity index (χ1) is 8.56. The number of carbonyl (C=O) groups excluding carboxylic acids is 2. The van der Waals surface area contributed by atoms with Crippen molar-refractivity contribution in [2.75, 3.05) is 13.7 Å². The molecular weight excluding hydrogens is 336 g/mol. The Kier molecular flexibility index (Phi) is 8.38. The van der Waals surface area contributed by atoms with E-state index in [1.807, 2.05) is 24.3 Å². The van der Waals surface area contributed by atoms with Gasteiger partial charge < -0.3 is 15.8 Å². The molecule has 0 aliphatic rings. The molecule has 7 heteroatoms. The zero-order valence-corrected chi connectivity index (χ0v) is 12.8. The molecule has 0 bridgehead atoms. The maximum atomic E-state index is 11.4. The highest BCUT2D eigenvalue weighted by molar-refractivity contribution is 9.10. The first-order valence-corrected chi connectivity index (χ1v) is 6.17. The van der Waals surface area contributed by atoms with Gasteiger partial charge >= 0.3 is 5.97 Å². The summed E-state index contributed by atoms with van der Waals surface area (Å²) >= 11 is 3.34. The van der Waals surface area contributed by atoms with Crippen molar-refractivity contribution in [1.82, 2.24) is 5.32 Å². The highest BCUT2D eigenvalue weighted by atomic mass is 79.9. The van der Waals surface area contributed by atoms with Crippen molar-refractivity contribution in [3.05, 3.63) is 34.3 Å². The van der Waals surface area contributed by atoms with Gasteiger partial charge in [0, 0.05) is 4.47 Å². The largest absolute Gasteiger partial charge is 0.469 e. The standard InChI is InChI=1S/C12H15BrN2O3.ClH/c1-18-12(17)6-10(15-11(16)7-14)8-3-2-4-9(13)5-8;/h2-5,10H,6-7,14H2,1H3,(H,15,16);1H. The fourth-order valence-electron chi connectivity index (χ4n) is 1.48. The molecule has 1 amide bonds. The van der Waals surface area contributed by atoms with E-state index in [2.05, 4.69) is 26.0 Å². The number of methoxy groups -OCH3 is 1. The minimum Gasteiger partial charge on any atom is -0.469 e. The van der Waals surface area contributed by atoms with Gasteiger partial charge in [0.15, 0.2) is 0 Å². The summed E-state index contributed by atoms with van der Waals surface area (Å²) in [6.45, 7) is -0.119. The highest BCUT2D eigenvalue weighted by Gasteiger charge is 2.18. The average Bonchev–Trinajstić information content (AvgIpc) is 2.37. The Labute approximate surface area is 126 Å². The van der Waals surface area contributed by atoms with Crippen molar-refractivity contribution in [3.8, 4) is 0 Å². The Morgan fingerprint density at radius 1 is 1.47 bits per heavy atom. The molecule has 1 unspecified atom stereocenters. The van der Waals surface area contributed by atoms with Crippen LogP contribution in [-0.4, -0.2) is 25.5 Å². The lowest BCUT2D eigenvalue weighted by atomic mass is 10.0. The van der Waals surface area contributed by atoms with E-state index in [1.165, 1.54) is 7.11 Å². The van der Waals surface area contributed by atoms with Gasteiger partial charge in [-0.3, -0.25) is 9.59 Å². The maximum absolute atomic E-state index is 11.4. The van der Waals surface area contributed by atoms with Crippen molar-refractivity contribution in [1.29, 1.82) is 0 Å². The van der Waals surface area contributed by atoms with Crippen molar-refractivity contribution < 1.29 is 14.3 Å². The molecule has 0 aromatic heterocycles. The quantitative estimate of drug-likeness (QED) is 0.789. The molecule has 0 saturated carbocycles. The summed E-state index contributed by atoms with van der Waals surface area (Å²) in [7, 11) is 1.31. The van der Waals surface area contributed by atoms with E-state index in [9.17, 15) is 9.59 Å². The van der Waals surface area contributed by atoms with Gasteiger partial charge in [0.25, 0.3) is 0 Å². The number of rotatable bonds is 5. The fraction of sp³-hybridized carbons (Fsp3) is 0.333. The van der Waals surface area contributed by atoms with E-state index in [-0.39, 0.29) is 31.3 Å². The summed E-state index contributed by atoms with van der Waals surface area (Å²) in [5.41, 5.74) is 6.07. The van der Waals surface area contributed by atoms with Crippen LogP contribution in [0.3, 0.4) is 0 Å². The van der Waals surface area contributed by atoms with E-state index in [1.54, 1.807) is 0 Å². The molecule has 1 atom stereocenters. The van der Waals surface area contributed by atoms with Crippen molar-refractivity contribution in [3.63, 3.8) is 0 Å². The average molecular weight is 352 g/mol. The molecule has 106 valence electrons. The van der Waals surface area contributed by atoms with Gasteiger partial charge in [0.1, 0.15) is 0 Å². The second kappa shape index (κ2) is 8.90. The number of nitrogens with two attached hydrogens (primary N) is 1. The zero-order chi connectivity index (χ0) is 13.5. The molecule has 0 aliphatic carbocycles. The predicted octanol–water partition coefficient (Wildman–Crippen LogP) is 1.55. The topological polar surface area (TPSA) is 81.4 Å². The van der Waals surface area contributed by atoms with Gasteiger partial charge in [-0.2, -0.15) is 0 Å². The van der Waals surface area contributed by atoms with Gasteiger partial charge in [-0.25, -0.2) is 0 Å². The number of halogens is 2. The third kappa shape index (κ3) is 6.04. The summed E-state index contributed by atoms with van der Waals surface area (Å²) in [6.07, 6.45) is 0.0681. The van der Waals surface area contributed by atoms with Crippen LogP contribution in [0, 0.1) is 0 Å². The minimum atomic E-state index is -0.439. The van der Waals surface area contributed by atoms with Crippen LogP contribution in [0.4, 0.5) is 0 Å². The molecule has 0 saturated heterocycles. The number of hydrogen-bond donors (Lipinski definition) is 2. The molecule has 0 spiro atoms. The number of esters is 1. The first kappa shape index (κ1) is 17.9. The van der Waals surface area contributed by atoms with Crippen LogP contribution in [0.25, 0.3) is 0 Å². The summed E-state index contributed by atoms with van der Waals surface area (Å²) in [6, 6.07) is 6.92. The molecular formula is C12H16BrClN2O3. The Balaban J connectivity index is 0.00000324. The van der Waals surface area contributed by atoms with Gasteiger partial charge in [0.05, 0.1) is 26.1 Å². The number of benzene rings is 1. The van der Waals surface area contributed by atoms with Crippen LogP contribution < -0.4 is 11.1 Å². The minimum absolute atomic E-state index is 0. The third-order valence-corrected chi connectivity index (χ3v) is 2.86. The normalized spacial score (nSPS) is 11.1. The number of nitrogens with one attached hydrogen (secondary N) is 1. The van der Waals surface area contributed by atoms with E-state index >= 15 is 0 Å². The van der Waals surface area contributed by atoms with E-state index in [0.29, 0.717) is 0 Å². The molecule has 0 radical (unpaired) electrons. The summed E-state index contributed by atoms with van der Waals surface area (Å²) in [5.74, 6) is -0.707. The predicted molar refractivity (Wildman–Crippen MR) is 78.0 cm³/mol. The van der Waals surface area contributed by atoms with Gasteiger partial charge in [-0.1, -0.05) is 28.1 Å². The zero-order valence-electron chi connectivity index (χ0n) is 10.4. The molecule has 0 heterocycles.